The highest BCUT2D eigenvalue weighted by molar-refractivity contribution is 7.20. The number of anilines is 1. The van der Waals surface area contributed by atoms with Crippen molar-refractivity contribution in [2.45, 2.75) is 50.9 Å². The number of hydrogen-bond donors (Lipinski definition) is 3. The fourth-order valence-electron chi connectivity index (χ4n) is 3.74. The van der Waals surface area contributed by atoms with E-state index in [0.29, 0.717) is 22.8 Å². The maximum absolute atomic E-state index is 14.0. The minimum atomic E-state index is -0.531. The number of hydrogen-bond acceptors (Lipinski definition) is 6. The Morgan fingerprint density at radius 1 is 1.41 bits per heavy atom. The molecule has 0 aliphatic heterocycles. The molecule has 0 bridgehead atoms. The molecule has 29 heavy (non-hydrogen) atoms. The molecular formula is C20H23ClFN3O2S2. The number of nitrogens with one attached hydrogen (secondary N) is 1. The summed E-state index contributed by atoms with van der Waals surface area (Å²) in [5.74, 6) is 0.220. The molecule has 4 N–H and O–H groups in total. The van der Waals surface area contributed by atoms with Gasteiger partial charge in [-0.25, -0.2) is 9.37 Å². The first-order chi connectivity index (χ1) is 14.1. The molecule has 1 saturated carbocycles. The Morgan fingerprint density at radius 2 is 2.17 bits per heavy atom. The van der Waals surface area contributed by atoms with E-state index in [1.54, 1.807) is 22.7 Å². The third kappa shape index (κ3) is 5.06. The molecule has 4 rings (SSSR count). The SMILES string of the molecule is N[C@H]1CCCC[C@@H]1c1sc2c(NCc3cccs3)cc(Cl)nc2c1CF.O=CO. The summed E-state index contributed by atoms with van der Waals surface area (Å²) in [6.45, 7) is -0.0650. The molecule has 0 unspecified atom stereocenters. The quantitative estimate of drug-likeness (QED) is 0.335. The van der Waals surface area contributed by atoms with Crippen molar-refractivity contribution in [1.29, 1.82) is 0 Å². The van der Waals surface area contributed by atoms with Crippen molar-refractivity contribution < 1.29 is 14.3 Å². The van der Waals surface area contributed by atoms with Gasteiger partial charge in [-0.1, -0.05) is 30.5 Å². The third-order valence-corrected chi connectivity index (χ3v) is 7.52. The van der Waals surface area contributed by atoms with Crippen LogP contribution >= 0.6 is 34.3 Å². The van der Waals surface area contributed by atoms with Gasteiger partial charge in [0.1, 0.15) is 11.8 Å². The monoisotopic (exact) mass is 455 g/mol. The zero-order valence-corrected chi connectivity index (χ0v) is 18.1. The number of pyridine rings is 1. The van der Waals surface area contributed by atoms with Crippen LogP contribution in [0.5, 0.6) is 0 Å². The topological polar surface area (TPSA) is 88.2 Å². The highest BCUT2D eigenvalue weighted by Gasteiger charge is 2.29. The van der Waals surface area contributed by atoms with E-state index in [-0.39, 0.29) is 18.4 Å². The van der Waals surface area contributed by atoms with Gasteiger partial charge in [0.15, 0.2) is 0 Å². The summed E-state index contributed by atoms with van der Waals surface area (Å²) in [7, 11) is 0. The van der Waals surface area contributed by atoms with Gasteiger partial charge in [-0.3, -0.25) is 4.79 Å². The summed E-state index contributed by atoms with van der Waals surface area (Å²) in [6.07, 6.45) is 4.33. The highest BCUT2D eigenvalue weighted by Crippen LogP contribution is 2.44. The van der Waals surface area contributed by atoms with Gasteiger partial charge >= 0.3 is 0 Å². The minimum Gasteiger partial charge on any atom is -0.483 e. The van der Waals surface area contributed by atoms with Crippen LogP contribution in [0.1, 0.15) is 46.9 Å². The molecule has 3 aromatic rings. The Kier molecular flexibility index (Phi) is 7.83. The van der Waals surface area contributed by atoms with E-state index >= 15 is 0 Å². The van der Waals surface area contributed by atoms with Crippen molar-refractivity contribution >= 4 is 56.7 Å². The first-order valence-corrected chi connectivity index (χ1v) is 11.4. The maximum atomic E-state index is 14.0. The van der Waals surface area contributed by atoms with Gasteiger partial charge in [-0.2, -0.15) is 0 Å². The number of rotatable bonds is 5. The van der Waals surface area contributed by atoms with Gasteiger partial charge in [0, 0.05) is 39.9 Å². The van der Waals surface area contributed by atoms with Gasteiger partial charge in [-0.15, -0.1) is 22.7 Å². The van der Waals surface area contributed by atoms with E-state index in [1.807, 2.05) is 12.1 Å². The normalized spacial score (nSPS) is 18.9. The molecule has 5 nitrogen and oxygen atoms in total. The second-order valence-corrected chi connectivity index (χ2v) is 9.31. The average molecular weight is 456 g/mol. The van der Waals surface area contributed by atoms with Crippen molar-refractivity contribution in [3.8, 4) is 0 Å². The largest absolute Gasteiger partial charge is 0.483 e. The number of nitrogens with two attached hydrogens (primary N) is 1. The molecule has 1 fully saturated rings. The Balaban J connectivity index is 0.000000755. The van der Waals surface area contributed by atoms with Crippen molar-refractivity contribution in [2.75, 3.05) is 5.32 Å². The Labute approximate surface area is 181 Å². The molecule has 0 radical (unpaired) electrons. The number of carboxylic acid groups (broad SMARTS) is 1. The number of carbonyl (C=O) groups is 1. The molecule has 1 aliphatic rings. The first kappa shape index (κ1) is 22.0. The van der Waals surface area contributed by atoms with Crippen molar-refractivity contribution in [3.05, 3.63) is 44.1 Å². The van der Waals surface area contributed by atoms with Crippen molar-refractivity contribution in [2.24, 2.45) is 5.73 Å². The highest BCUT2D eigenvalue weighted by atomic mass is 35.5. The second kappa shape index (κ2) is 10.3. The number of fused-ring (bicyclic) bond motifs is 1. The fourth-order valence-corrected chi connectivity index (χ4v) is 6.02. The summed E-state index contributed by atoms with van der Waals surface area (Å²) < 4.78 is 14.9. The maximum Gasteiger partial charge on any atom is 0.290 e. The molecule has 3 aromatic heterocycles. The molecule has 0 saturated heterocycles. The van der Waals surface area contributed by atoms with Crippen LogP contribution < -0.4 is 11.1 Å². The zero-order chi connectivity index (χ0) is 20.8. The van der Waals surface area contributed by atoms with Crippen LogP contribution in [-0.4, -0.2) is 22.6 Å². The zero-order valence-electron chi connectivity index (χ0n) is 15.7. The molecule has 0 aromatic carbocycles. The average Bonchev–Trinajstić information content (AvgIpc) is 3.34. The summed E-state index contributed by atoms with van der Waals surface area (Å²) in [5.41, 5.74) is 8.65. The van der Waals surface area contributed by atoms with Gasteiger partial charge in [0.2, 0.25) is 0 Å². The first-order valence-electron chi connectivity index (χ1n) is 9.36. The summed E-state index contributed by atoms with van der Waals surface area (Å²) in [6, 6.07) is 6.05. The van der Waals surface area contributed by atoms with Gasteiger partial charge in [0.25, 0.3) is 6.47 Å². The van der Waals surface area contributed by atoms with Crippen molar-refractivity contribution in [3.63, 3.8) is 0 Å². The van der Waals surface area contributed by atoms with E-state index < -0.39 is 6.67 Å². The van der Waals surface area contributed by atoms with Gasteiger partial charge in [0.05, 0.1) is 15.9 Å². The Bertz CT molecular complexity index is 949. The predicted octanol–water partition coefficient (Wildman–Crippen LogP) is 5.78. The smallest absolute Gasteiger partial charge is 0.290 e. The van der Waals surface area contributed by atoms with Crippen LogP contribution in [-0.2, 0) is 18.0 Å². The molecule has 0 spiro atoms. The van der Waals surface area contributed by atoms with E-state index in [0.717, 1.165) is 40.9 Å². The lowest BCUT2D eigenvalue weighted by Gasteiger charge is -2.28. The molecule has 0 amide bonds. The van der Waals surface area contributed by atoms with E-state index in [4.69, 9.17) is 27.2 Å². The number of nitrogens with zero attached hydrogens (tertiary/aromatic N) is 1. The summed E-state index contributed by atoms with van der Waals surface area (Å²) in [4.78, 5) is 15.1. The second-order valence-electron chi connectivity index (χ2n) is 6.84. The van der Waals surface area contributed by atoms with Crippen LogP contribution in [0.2, 0.25) is 5.15 Å². The van der Waals surface area contributed by atoms with E-state index in [1.165, 1.54) is 4.88 Å². The minimum absolute atomic E-state index is 0.0973. The Morgan fingerprint density at radius 3 is 2.83 bits per heavy atom. The van der Waals surface area contributed by atoms with E-state index in [2.05, 4.69) is 21.7 Å². The molecule has 9 heteroatoms. The molecule has 1 aliphatic carbocycles. The van der Waals surface area contributed by atoms with Crippen LogP contribution in [0.4, 0.5) is 10.1 Å². The summed E-state index contributed by atoms with van der Waals surface area (Å²) >= 11 is 9.58. The number of thiophene rings is 2. The van der Waals surface area contributed by atoms with Crippen LogP contribution in [0.25, 0.3) is 10.2 Å². The fraction of sp³-hybridized carbons (Fsp3) is 0.400. The third-order valence-electron chi connectivity index (χ3n) is 5.06. The molecule has 156 valence electrons. The van der Waals surface area contributed by atoms with Gasteiger partial charge in [-0.05, 0) is 24.3 Å². The predicted molar refractivity (Wildman–Crippen MR) is 119 cm³/mol. The number of alkyl halides is 1. The number of aromatic nitrogens is 1. The van der Waals surface area contributed by atoms with Crippen molar-refractivity contribution in [1.82, 2.24) is 4.98 Å². The molecular weight excluding hydrogens is 433 g/mol. The molecule has 2 atom stereocenters. The lowest BCUT2D eigenvalue weighted by molar-refractivity contribution is -0.122. The van der Waals surface area contributed by atoms with Crippen LogP contribution in [0.3, 0.4) is 0 Å². The number of halogens is 2. The Hall–Kier alpha value is -1.74. The lowest BCUT2D eigenvalue weighted by Crippen LogP contribution is -2.31. The molecule has 3 heterocycles. The van der Waals surface area contributed by atoms with Crippen LogP contribution in [0.15, 0.2) is 23.6 Å². The standard InChI is InChI=1S/C19H21ClFN3S2.CH2O2/c20-16-8-15(23-10-11-4-3-7-25-11)19-17(24-16)13(9-21)18(26-19)12-5-1-2-6-14(12)22;2-1-3/h3-4,7-8,12,14H,1-2,5-6,9-10,22H2,(H,23,24);1H,(H,2,3)/t12-,14-;/m0./s1. The summed E-state index contributed by atoms with van der Waals surface area (Å²) in [5, 5.41) is 12.8. The lowest BCUT2D eigenvalue weighted by atomic mass is 9.83. The van der Waals surface area contributed by atoms with Crippen LogP contribution in [0, 0.1) is 0 Å². The van der Waals surface area contributed by atoms with Gasteiger partial charge < -0.3 is 16.2 Å². The van der Waals surface area contributed by atoms with E-state index in [9.17, 15) is 4.39 Å².